The molecule has 0 aliphatic heterocycles. The highest BCUT2D eigenvalue weighted by Gasteiger charge is 2.24. The van der Waals surface area contributed by atoms with E-state index in [0.717, 1.165) is 11.1 Å². The molecular weight excluding hydrogens is 480 g/mol. The Morgan fingerprint density at radius 2 is 1.97 bits per heavy atom. The summed E-state index contributed by atoms with van der Waals surface area (Å²) in [7, 11) is 1.54. The lowest BCUT2D eigenvalue weighted by Gasteiger charge is -2.20. The molecule has 4 rings (SSSR count). The predicted molar refractivity (Wildman–Crippen MR) is 134 cm³/mol. The molecule has 0 fully saturated rings. The van der Waals surface area contributed by atoms with Crippen LogP contribution in [-0.2, 0) is 14.3 Å². The van der Waals surface area contributed by atoms with Gasteiger partial charge in [0.2, 0.25) is 0 Å². The Morgan fingerprint density at radius 1 is 1.16 bits per heavy atom. The molecule has 1 aromatic heterocycles. The second-order valence-electron chi connectivity index (χ2n) is 8.43. The molecule has 11 heteroatoms. The zero-order valence-corrected chi connectivity index (χ0v) is 20.4. The number of ether oxygens (including phenoxy) is 3. The summed E-state index contributed by atoms with van der Waals surface area (Å²) in [6, 6.07) is 4.58. The quantitative estimate of drug-likeness (QED) is 0.362. The number of carbonyl (C=O) groups excluding carboxylic acids is 3. The Morgan fingerprint density at radius 3 is 2.70 bits per heavy atom. The third-order valence-electron chi connectivity index (χ3n) is 5.63. The van der Waals surface area contributed by atoms with Crippen molar-refractivity contribution in [3.63, 3.8) is 0 Å². The highest BCUT2D eigenvalue weighted by molar-refractivity contribution is 5.90. The van der Waals surface area contributed by atoms with Crippen LogP contribution in [0.1, 0.15) is 19.8 Å². The molecule has 2 aliphatic carbocycles. The van der Waals surface area contributed by atoms with Crippen molar-refractivity contribution in [2.45, 2.75) is 38.0 Å². The fourth-order valence-corrected chi connectivity index (χ4v) is 4.00. The molecule has 194 valence electrons. The zero-order chi connectivity index (χ0) is 26.2. The van der Waals surface area contributed by atoms with E-state index in [1.54, 1.807) is 36.5 Å². The molecule has 0 radical (unpaired) electrons. The Kier molecular flexibility index (Phi) is 8.24. The van der Waals surface area contributed by atoms with E-state index in [9.17, 15) is 14.4 Å². The average Bonchev–Trinajstić information content (AvgIpc) is 3.55. The van der Waals surface area contributed by atoms with Crippen LogP contribution in [0.4, 0.5) is 15.3 Å². The van der Waals surface area contributed by atoms with Crippen molar-refractivity contribution in [1.82, 2.24) is 15.6 Å². The predicted octanol–water partition coefficient (Wildman–Crippen LogP) is 3.71. The van der Waals surface area contributed by atoms with Crippen molar-refractivity contribution >= 4 is 23.8 Å². The summed E-state index contributed by atoms with van der Waals surface area (Å²) >= 11 is 0. The maximum atomic E-state index is 12.6. The molecule has 2 aromatic rings. The van der Waals surface area contributed by atoms with Gasteiger partial charge in [-0.15, -0.1) is 0 Å². The number of oxazole rings is 1. The van der Waals surface area contributed by atoms with E-state index in [-0.39, 0.29) is 30.7 Å². The minimum atomic E-state index is -0.581. The summed E-state index contributed by atoms with van der Waals surface area (Å²) < 4.78 is 21.2. The van der Waals surface area contributed by atoms with Gasteiger partial charge in [-0.3, -0.25) is 4.79 Å². The number of anilines is 1. The molecule has 3 amide bonds. The van der Waals surface area contributed by atoms with Gasteiger partial charge >= 0.3 is 18.1 Å². The first-order chi connectivity index (χ1) is 17.9. The number of methoxy groups -OCH3 is 1. The highest BCUT2D eigenvalue weighted by Crippen LogP contribution is 2.32. The number of hydrogen-bond acceptors (Lipinski definition) is 8. The second kappa shape index (κ2) is 11.9. The van der Waals surface area contributed by atoms with E-state index in [4.69, 9.17) is 18.6 Å². The van der Waals surface area contributed by atoms with E-state index in [0.29, 0.717) is 30.0 Å². The first kappa shape index (κ1) is 25.5. The van der Waals surface area contributed by atoms with Crippen LogP contribution in [0.25, 0.3) is 11.3 Å². The van der Waals surface area contributed by atoms with Gasteiger partial charge in [0.25, 0.3) is 0 Å². The number of urea groups is 1. The van der Waals surface area contributed by atoms with Crippen molar-refractivity contribution in [2.75, 3.05) is 19.0 Å². The number of amides is 3. The second-order valence-corrected chi connectivity index (χ2v) is 8.43. The lowest BCUT2D eigenvalue weighted by atomic mass is 10.0. The Balaban J connectivity index is 1.24. The molecule has 0 saturated heterocycles. The van der Waals surface area contributed by atoms with Crippen molar-refractivity contribution in [1.29, 1.82) is 0 Å². The van der Waals surface area contributed by atoms with E-state index in [2.05, 4.69) is 20.9 Å². The van der Waals surface area contributed by atoms with Gasteiger partial charge in [-0.05, 0) is 36.3 Å². The number of nitrogens with one attached hydrogen (secondary N) is 3. The summed E-state index contributed by atoms with van der Waals surface area (Å²) in [5.41, 5.74) is 2.09. The van der Waals surface area contributed by atoms with E-state index in [1.807, 2.05) is 18.2 Å². The topological polar surface area (TPSA) is 141 Å². The Hall–Kier alpha value is -4.54. The van der Waals surface area contributed by atoms with Crippen LogP contribution in [0.5, 0.6) is 5.75 Å². The molecule has 3 N–H and O–H groups in total. The van der Waals surface area contributed by atoms with Crippen LogP contribution >= 0.6 is 0 Å². The van der Waals surface area contributed by atoms with E-state index < -0.39 is 12.2 Å². The van der Waals surface area contributed by atoms with Crippen LogP contribution in [0.2, 0.25) is 0 Å². The summed E-state index contributed by atoms with van der Waals surface area (Å²) in [6.45, 7) is 1.57. The highest BCUT2D eigenvalue weighted by atomic mass is 16.6. The van der Waals surface area contributed by atoms with Crippen molar-refractivity contribution in [2.24, 2.45) is 0 Å². The SMILES string of the molecule is COc1cc(NC(=O)NC2C=C(CNC(=O)O[C@@H]3C=C[C@H](OC(C)=O)C3)C=CC2)ccc1-c1cnco1. The first-order valence-corrected chi connectivity index (χ1v) is 11.7. The number of rotatable bonds is 8. The number of hydrogen-bond donors (Lipinski definition) is 3. The van der Waals surface area contributed by atoms with Crippen LogP contribution in [0.15, 0.2) is 71.2 Å². The number of alkyl carbamates (subject to hydrolysis) is 1. The standard InChI is InChI=1S/C26H28N4O7/c1-16(31)36-20-7-8-21(12-20)37-26(33)28-13-17-4-3-5-18(10-17)29-25(32)30-19-6-9-22(23(11-19)34-2)24-14-27-15-35-24/h3-4,6-11,14-15,18,20-21H,5,12-13H2,1-2H3,(H,28,33)(H2,29,30,32)/t18?,20-,21+/m0/s1. The third-order valence-corrected chi connectivity index (χ3v) is 5.63. The normalized spacial score (nSPS) is 20.1. The minimum absolute atomic E-state index is 0.235. The molecule has 2 aliphatic rings. The lowest BCUT2D eigenvalue weighted by Crippen LogP contribution is -2.38. The Labute approximate surface area is 213 Å². The molecule has 11 nitrogen and oxygen atoms in total. The molecule has 3 atom stereocenters. The largest absolute Gasteiger partial charge is 0.496 e. The average molecular weight is 509 g/mol. The number of aromatic nitrogens is 1. The molecule has 0 spiro atoms. The summed E-state index contributed by atoms with van der Waals surface area (Å²) in [6.07, 6.45) is 11.6. The van der Waals surface area contributed by atoms with Gasteiger partial charge in [0.15, 0.2) is 12.2 Å². The van der Waals surface area contributed by atoms with E-state index >= 15 is 0 Å². The third kappa shape index (κ3) is 7.23. The fourth-order valence-electron chi connectivity index (χ4n) is 4.00. The minimum Gasteiger partial charge on any atom is -0.496 e. The van der Waals surface area contributed by atoms with Crippen LogP contribution in [0, 0.1) is 0 Å². The molecule has 0 bridgehead atoms. The van der Waals surface area contributed by atoms with Gasteiger partial charge in [0.05, 0.1) is 24.9 Å². The monoisotopic (exact) mass is 508 g/mol. The van der Waals surface area contributed by atoms with Crippen molar-refractivity contribution < 1.29 is 33.0 Å². The van der Waals surface area contributed by atoms with Gasteiger partial charge in [-0.1, -0.05) is 18.2 Å². The first-order valence-electron chi connectivity index (χ1n) is 11.7. The van der Waals surface area contributed by atoms with Gasteiger partial charge in [0, 0.05) is 31.6 Å². The van der Waals surface area contributed by atoms with Crippen molar-refractivity contribution in [3.8, 4) is 17.1 Å². The van der Waals surface area contributed by atoms with Gasteiger partial charge in [-0.25, -0.2) is 14.6 Å². The van der Waals surface area contributed by atoms with Crippen LogP contribution in [0.3, 0.4) is 0 Å². The number of benzene rings is 1. The molecule has 37 heavy (non-hydrogen) atoms. The van der Waals surface area contributed by atoms with Gasteiger partial charge in [0.1, 0.15) is 18.0 Å². The zero-order valence-electron chi connectivity index (χ0n) is 20.4. The molecular formula is C26H28N4O7. The summed E-state index contributed by atoms with van der Waals surface area (Å²) in [5, 5.41) is 8.40. The maximum absolute atomic E-state index is 12.6. The summed E-state index contributed by atoms with van der Waals surface area (Å²) in [4.78, 5) is 39.7. The lowest BCUT2D eigenvalue weighted by molar-refractivity contribution is -0.144. The maximum Gasteiger partial charge on any atom is 0.407 e. The van der Waals surface area contributed by atoms with Crippen molar-refractivity contribution in [3.05, 3.63) is 66.7 Å². The number of carbonyl (C=O) groups is 3. The van der Waals surface area contributed by atoms with Gasteiger partial charge < -0.3 is 34.6 Å². The van der Waals surface area contributed by atoms with E-state index in [1.165, 1.54) is 20.4 Å². The fraction of sp³-hybridized carbons (Fsp3) is 0.308. The number of nitrogens with zero attached hydrogens (tertiary/aromatic N) is 1. The van der Waals surface area contributed by atoms with Crippen LogP contribution < -0.4 is 20.7 Å². The van der Waals surface area contributed by atoms with Crippen LogP contribution in [-0.4, -0.2) is 55.0 Å². The Bertz CT molecular complexity index is 1220. The smallest absolute Gasteiger partial charge is 0.407 e. The molecule has 1 heterocycles. The summed E-state index contributed by atoms with van der Waals surface area (Å²) in [5.74, 6) is 0.710. The number of esters is 1. The van der Waals surface area contributed by atoms with Gasteiger partial charge in [-0.2, -0.15) is 0 Å². The molecule has 0 saturated carbocycles. The molecule has 1 aromatic carbocycles. The molecule has 1 unspecified atom stereocenters.